The van der Waals surface area contributed by atoms with E-state index in [0.29, 0.717) is 17.1 Å². The minimum Gasteiger partial charge on any atom is -0.308 e. The monoisotopic (exact) mass is 268 g/mol. The van der Waals surface area contributed by atoms with Gasteiger partial charge in [0.05, 0.1) is 0 Å². The molecular formula is C17H36N2. The van der Waals surface area contributed by atoms with Gasteiger partial charge in [-0.2, -0.15) is 0 Å². The van der Waals surface area contributed by atoms with Crippen LogP contribution in [0.4, 0.5) is 0 Å². The molecule has 0 radical (unpaired) electrons. The van der Waals surface area contributed by atoms with Crippen LogP contribution < -0.4 is 5.32 Å². The highest BCUT2D eigenvalue weighted by atomic mass is 15.3. The first-order valence-corrected chi connectivity index (χ1v) is 8.58. The van der Waals surface area contributed by atoms with E-state index in [0.717, 1.165) is 0 Å². The SMILES string of the molecule is CCC1CNC(CC)(CC)CN1C(CC)(CC)CC. The molecule has 1 aliphatic rings. The summed E-state index contributed by atoms with van der Waals surface area (Å²) in [7, 11) is 0. The van der Waals surface area contributed by atoms with Crippen LogP contribution in [0.5, 0.6) is 0 Å². The zero-order valence-electron chi connectivity index (χ0n) is 14.2. The van der Waals surface area contributed by atoms with Crippen molar-refractivity contribution in [3.63, 3.8) is 0 Å². The molecule has 1 fully saturated rings. The highest BCUT2D eigenvalue weighted by Gasteiger charge is 2.43. The molecule has 0 aliphatic carbocycles. The predicted molar refractivity (Wildman–Crippen MR) is 85.7 cm³/mol. The van der Waals surface area contributed by atoms with E-state index >= 15 is 0 Å². The number of nitrogens with one attached hydrogen (secondary N) is 1. The molecule has 114 valence electrons. The fourth-order valence-electron chi connectivity index (χ4n) is 3.96. The second kappa shape index (κ2) is 7.08. The third kappa shape index (κ3) is 3.16. The molecule has 0 aromatic carbocycles. The van der Waals surface area contributed by atoms with Gasteiger partial charge in [0, 0.05) is 30.2 Å². The number of rotatable bonds is 7. The van der Waals surface area contributed by atoms with Crippen molar-refractivity contribution in [2.45, 2.75) is 97.2 Å². The molecule has 0 bridgehead atoms. The van der Waals surface area contributed by atoms with E-state index in [1.807, 2.05) is 0 Å². The number of hydrogen-bond donors (Lipinski definition) is 1. The van der Waals surface area contributed by atoms with Crippen LogP contribution in [0, 0.1) is 0 Å². The Hall–Kier alpha value is -0.0800. The molecular weight excluding hydrogens is 232 g/mol. The van der Waals surface area contributed by atoms with Crippen LogP contribution in [0.15, 0.2) is 0 Å². The van der Waals surface area contributed by atoms with E-state index in [-0.39, 0.29) is 0 Å². The Bertz CT molecular complexity index is 246. The van der Waals surface area contributed by atoms with Crippen LogP contribution in [0.1, 0.15) is 80.1 Å². The molecule has 1 heterocycles. The maximum Gasteiger partial charge on any atom is 0.0304 e. The Labute approximate surface area is 121 Å². The lowest BCUT2D eigenvalue weighted by atomic mass is 9.80. The largest absolute Gasteiger partial charge is 0.308 e. The molecule has 0 amide bonds. The van der Waals surface area contributed by atoms with Crippen molar-refractivity contribution in [3.05, 3.63) is 0 Å². The van der Waals surface area contributed by atoms with Crippen LogP contribution in [0.2, 0.25) is 0 Å². The van der Waals surface area contributed by atoms with Crippen molar-refractivity contribution in [2.24, 2.45) is 0 Å². The first-order valence-electron chi connectivity index (χ1n) is 8.58. The second-order valence-corrected chi connectivity index (χ2v) is 6.34. The molecule has 19 heavy (non-hydrogen) atoms. The first kappa shape index (κ1) is 17.0. The quantitative estimate of drug-likeness (QED) is 0.744. The Morgan fingerprint density at radius 1 is 1.00 bits per heavy atom. The van der Waals surface area contributed by atoms with Gasteiger partial charge in [0.25, 0.3) is 0 Å². The van der Waals surface area contributed by atoms with Crippen molar-refractivity contribution < 1.29 is 0 Å². The molecule has 1 aliphatic heterocycles. The van der Waals surface area contributed by atoms with E-state index in [4.69, 9.17) is 0 Å². The van der Waals surface area contributed by atoms with Gasteiger partial charge >= 0.3 is 0 Å². The van der Waals surface area contributed by atoms with Gasteiger partial charge in [-0.3, -0.25) is 4.90 Å². The normalized spacial score (nSPS) is 24.6. The summed E-state index contributed by atoms with van der Waals surface area (Å²) in [5, 5.41) is 3.87. The van der Waals surface area contributed by atoms with E-state index in [1.54, 1.807) is 0 Å². The van der Waals surface area contributed by atoms with Gasteiger partial charge in [0.2, 0.25) is 0 Å². The third-order valence-electron chi connectivity index (χ3n) is 6.03. The summed E-state index contributed by atoms with van der Waals surface area (Å²) < 4.78 is 0. The van der Waals surface area contributed by atoms with Crippen molar-refractivity contribution >= 4 is 0 Å². The van der Waals surface area contributed by atoms with Crippen LogP contribution >= 0.6 is 0 Å². The van der Waals surface area contributed by atoms with Gasteiger partial charge in [-0.05, 0) is 38.5 Å². The second-order valence-electron chi connectivity index (χ2n) is 6.34. The van der Waals surface area contributed by atoms with Crippen LogP contribution in [-0.4, -0.2) is 35.1 Å². The maximum atomic E-state index is 3.87. The highest BCUT2D eigenvalue weighted by molar-refractivity contribution is 5.02. The fourth-order valence-corrected chi connectivity index (χ4v) is 3.96. The summed E-state index contributed by atoms with van der Waals surface area (Å²) in [6, 6.07) is 0.714. The average molecular weight is 268 g/mol. The molecule has 1 atom stereocenters. The summed E-state index contributed by atoms with van der Waals surface area (Å²) in [6.45, 7) is 16.5. The van der Waals surface area contributed by atoms with Crippen molar-refractivity contribution in [1.82, 2.24) is 10.2 Å². The van der Waals surface area contributed by atoms with E-state index in [2.05, 4.69) is 51.8 Å². The maximum absolute atomic E-state index is 3.87. The van der Waals surface area contributed by atoms with Crippen molar-refractivity contribution in [2.75, 3.05) is 13.1 Å². The third-order valence-corrected chi connectivity index (χ3v) is 6.03. The van der Waals surface area contributed by atoms with Gasteiger partial charge in [0.15, 0.2) is 0 Å². The summed E-state index contributed by atoms with van der Waals surface area (Å²) in [4.78, 5) is 2.87. The van der Waals surface area contributed by atoms with Crippen LogP contribution in [-0.2, 0) is 0 Å². The van der Waals surface area contributed by atoms with Gasteiger partial charge in [0.1, 0.15) is 0 Å². The summed E-state index contributed by atoms with van der Waals surface area (Å²) >= 11 is 0. The predicted octanol–water partition coefficient (Wildman–Crippen LogP) is 4.20. The molecule has 0 spiro atoms. The van der Waals surface area contributed by atoms with Gasteiger partial charge in [-0.1, -0.05) is 41.5 Å². The minimum atomic E-state index is 0.344. The van der Waals surface area contributed by atoms with Crippen molar-refractivity contribution in [3.8, 4) is 0 Å². The lowest BCUT2D eigenvalue weighted by molar-refractivity contribution is -0.0290. The topological polar surface area (TPSA) is 15.3 Å². The smallest absolute Gasteiger partial charge is 0.0304 e. The number of piperazine rings is 1. The lowest BCUT2D eigenvalue weighted by Crippen LogP contribution is -2.68. The molecule has 1 rings (SSSR count). The number of nitrogens with zero attached hydrogens (tertiary/aromatic N) is 1. The van der Waals surface area contributed by atoms with Crippen LogP contribution in [0.25, 0.3) is 0 Å². The summed E-state index contributed by atoms with van der Waals surface area (Å²) in [5.41, 5.74) is 0.759. The Morgan fingerprint density at radius 2 is 1.53 bits per heavy atom. The Kier molecular flexibility index (Phi) is 6.32. The molecule has 2 nitrogen and oxygen atoms in total. The fraction of sp³-hybridized carbons (Fsp3) is 1.00. The van der Waals surface area contributed by atoms with E-state index in [9.17, 15) is 0 Å². The lowest BCUT2D eigenvalue weighted by Gasteiger charge is -2.55. The average Bonchev–Trinajstić information content (AvgIpc) is 2.49. The zero-order chi connectivity index (χ0) is 14.5. The molecule has 1 saturated heterocycles. The molecule has 0 aromatic heterocycles. The standard InChI is InChI=1S/C17H36N2/c1-7-15-13-18-16(8-2,9-3)14-19(15)17(10-4,11-5)12-6/h15,18H,7-14H2,1-6H3. The summed E-state index contributed by atoms with van der Waals surface area (Å²) in [5.74, 6) is 0. The number of hydrogen-bond acceptors (Lipinski definition) is 2. The minimum absolute atomic E-state index is 0.344. The van der Waals surface area contributed by atoms with E-state index in [1.165, 1.54) is 51.6 Å². The molecule has 1 unspecified atom stereocenters. The molecule has 0 saturated carbocycles. The van der Waals surface area contributed by atoms with Gasteiger partial charge in [-0.25, -0.2) is 0 Å². The molecule has 0 aromatic rings. The highest BCUT2D eigenvalue weighted by Crippen LogP contribution is 2.35. The van der Waals surface area contributed by atoms with Gasteiger partial charge < -0.3 is 5.32 Å². The van der Waals surface area contributed by atoms with Crippen molar-refractivity contribution in [1.29, 1.82) is 0 Å². The Balaban J connectivity index is 3.03. The van der Waals surface area contributed by atoms with Gasteiger partial charge in [-0.15, -0.1) is 0 Å². The molecule has 1 N–H and O–H groups in total. The zero-order valence-corrected chi connectivity index (χ0v) is 14.2. The van der Waals surface area contributed by atoms with Crippen LogP contribution in [0.3, 0.4) is 0 Å². The molecule has 2 heteroatoms. The van der Waals surface area contributed by atoms with E-state index < -0.39 is 0 Å². The Morgan fingerprint density at radius 3 is 1.89 bits per heavy atom. The summed E-state index contributed by atoms with van der Waals surface area (Å²) in [6.07, 6.45) is 7.57. The first-order chi connectivity index (χ1) is 9.06.